The zero-order chi connectivity index (χ0) is 11.3. The molecule has 0 aliphatic carbocycles. The number of hydrogen-bond donors (Lipinski definition) is 1. The van der Waals surface area contributed by atoms with E-state index in [4.69, 9.17) is 20.5 Å². The van der Waals surface area contributed by atoms with E-state index in [1.807, 2.05) is 13.0 Å². The van der Waals surface area contributed by atoms with E-state index in [2.05, 4.69) is 0 Å². The third kappa shape index (κ3) is 2.53. The van der Waals surface area contributed by atoms with Gasteiger partial charge in [0.05, 0.1) is 25.0 Å². The van der Waals surface area contributed by atoms with Gasteiger partial charge in [-0.15, -0.1) is 0 Å². The lowest BCUT2D eigenvalue weighted by Gasteiger charge is -2.11. The second kappa shape index (κ2) is 5.11. The molecule has 2 N–H and O–H groups in total. The number of methoxy groups -OCH3 is 1. The molecule has 0 heterocycles. The molecule has 0 saturated carbocycles. The Morgan fingerprint density at radius 3 is 2.67 bits per heavy atom. The van der Waals surface area contributed by atoms with Crippen LogP contribution in [0.2, 0.25) is 0 Å². The number of nitrogens with zero attached hydrogens (tertiary/aromatic N) is 1. The summed E-state index contributed by atoms with van der Waals surface area (Å²) >= 11 is 0. The van der Waals surface area contributed by atoms with Gasteiger partial charge in [0.1, 0.15) is 6.07 Å². The summed E-state index contributed by atoms with van der Waals surface area (Å²) in [4.78, 5) is 0. The average Bonchev–Trinajstić information content (AvgIpc) is 2.26. The van der Waals surface area contributed by atoms with E-state index >= 15 is 0 Å². The maximum Gasteiger partial charge on any atom is 0.162 e. The van der Waals surface area contributed by atoms with Crippen molar-refractivity contribution in [2.24, 2.45) is 0 Å². The highest BCUT2D eigenvalue weighted by molar-refractivity contribution is 5.62. The van der Waals surface area contributed by atoms with E-state index in [0.29, 0.717) is 29.4 Å². The number of nitriles is 1. The van der Waals surface area contributed by atoms with E-state index in [-0.39, 0.29) is 0 Å². The number of hydrogen-bond acceptors (Lipinski definition) is 4. The monoisotopic (exact) mass is 206 g/mol. The van der Waals surface area contributed by atoms with Gasteiger partial charge in [-0.05, 0) is 6.42 Å². The first-order valence-electron chi connectivity index (χ1n) is 4.73. The second-order valence-electron chi connectivity index (χ2n) is 3.05. The molecule has 0 radical (unpaired) electrons. The van der Waals surface area contributed by atoms with Gasteiger partial charge in [0.25, 0.3) is 0 Å². The van der Waals surface area contributed by atoms with Gasteiger partial charge >= 0.3 is 0 Å². The fraction of sp³-hybridized carbons (Fsp3) is 0.364. The molecule has 0 saturated heterocycles. The van der Waals surface area contributed by atoms with Gasteiger partial charge in [0.15, 0.2) is 11.5 Å². The fourth-order valence-electron chi connectivity index (χ4n) is 1.16. The number of ether oxygens (including phenoxy) is 2. The van der Waals surface area contributed by atoms with Crippen LogP contribution in [0.4, 0.5) is 5.69 Å². The van der Waals surface area contributed by atoms with Gasteiger partial charge in [-0.25, -0.2) is 0 Å². The summed E-state index contributed by atoms with van der Waals surface area (Å²) in [6.07, 6.45) is 0.898. The van der Waals surface area contributed by atoms with Crippen LogP contribution in [0.3, 0.4) is 0 Å². The zero-order valence-corrected chi connectivity index (χ0v) is 8.91. The van der Waals surface area contributed by atoms with Crippen LogP contribution < -0.4 is 15.2 Å². The van der Waals surface area contributed by atoms with E-state index in [1.165, 1.54) is 0 Å². The third-order valence-electron chi connectivity index (χ3n) is 1.92. The third-order valence-corrected chi connectivity index (χ3v) is 1.92. The van der Waals surface area contributed by atoms with Crippen LogP contribution in [0.15, 0.2) is 12.1 Å². The molecule has 0 aliphatic heterocycles. The quantitative estimate of drug-likeness (QED) is 0.764. The Kier molecular flexibility index (Phi) is 3.81. The molecule has 0 spiro atoms. The lowest BCUT2D eigenvalue weighted by molar-refractivity contribution is 0.294. The molecular weight excluding hydrogens is 192 g/mol. The van der Waals surface area contributed by atoms with E-state index < -0.39 is 0 Å². The first-order chi connectivity index (χ1) is 7.22. The van der Waals surface area contributed by atoms with Crippen molar-refractivity contribution in [3.63, 3.8) is 0 Å². The van der Waals surface area contributed by atoms with Crippen LogP contribution in [-0.2, 0) is 0 Å². The number of rotatable bonds is 4. The summed E-state index contributed by atoms with van der Waals surface area (Å²) in [6, 6.07) is 5.20. The van der Waals surface area contributed by atoms with Crippen molar-refractivity contribution in [1.82, 2.24) is 0 Å². The number of anilines is 1. The molecule has 1 rings (SSSR count). The molecule has 80 valence electrons. The molecule has 0 aliphatic rings. The normalized spacial score (nSPS) is 9.40. The van der Waals surface area contributed by atoms with Crippen molar-refractivity contribution in [1.29, 1.82) is 5.26 Å². The van der Waals surface area contributed by atoms with Crippen molar-refractivity contribution >= 4 is 5.69 Å². The van der Waals surface area contributed by atoms with Crippen molar-refractivity contribution < 1.29 is 9.47 Å². The molecular formula is C11H14N2O2. The van der Waals surface area contributed by atoms with Gasteiger partial charge in [0, 0.05) is 12.1 Å². The Morgan fingerprint density at radius 1 is 1.40 bits per heavy atom. The van der Waals surface area contributed by atoms with Gasteiger partial charge < -0.3 is 15.2 Å². The van der Waals surface area contributed by atoms with Crippen molar-refractivity contribution in [2.45, 2.75) is 13.3 Å². The maximum atomic E-state index is 8.81. The van der Waals surface area contributed by atoms with Crippen LogP contribution in [0.25, 0.3) is 0 Å². The smallest absolute Gasteiger partial charge is 0.162 e. The van der Waals surface area contributed by atoms with E-state index in [0.717, 1.165) is 6.42 Å². The summed E-state index contributed by atoms with van der Waals surface area (Å²) in [5.41, 5.74) is 6.45. The van der Waals surface area contributed by atoms with Crippen molar-refractivity contribution in [2.75, 3.05) is 19.5 Å². The van der Waals surface area contributed by atoms with Crippen molar-refractivity contribution in [3.8, 4) is 17.6 Å². The molecule has 1 aromatic carbocycles. The van der Waals surface area contributed by atoms with Crippen LogP contribution >= 0.6 is 0 Å². The largest absolute Gasteiger partial charge is 0.493 e. The maximum absolute atomic E-state index is 8.81. The van der Waals surface area contributed by atoms with Gasteiger partial charge in [-0.3, -0.25) is 0 Å². The predicted octanol–water partition coefficient (Wildman–Crippen LogP) is 1.94. The fourth-order valence-corrected chi connectivity index (χ4v) is 1.16. The molecule has 1 aromatic rings. The van der Waals surface area contributed by atoms with Gasteiger partial charge in [0.2, 0.25) is 0 Å². The Labute approximate surface area is 89.2 Å². The highest BCUT2D eigenvalue weighted by Crippen LogP contribution is 2.31. The topological polar surface area (TPSA) is 68.3 Å². The van der Waals surface area contributed by atoms with Crippen molar-refractivity contribution in [3.05, 3.63) is 17.7 Å². The minimum absolute atomic E-state index is 0.401. The highest BCUT2D eigenvalue weighted by Gasteiger charge is 2.09. The van der Waals surface area contributed by atoms with Crippen LogP contribution in [-0.4, -0.2) is 13.7 Å². The Morgan fingerprint density at radius 2 is 2.13 bits per heavy atom. The molecule has 0 amide bonds. The first kappa shape index (κ1) is 11.2. The lowest BCUT2D eigenvalue weighted by atomic mass is 10.2. The number of nitrogen functional groups attached to an aromatic ring is 1. The SMILES string of the molecule is CCCOc1cc(C#N)c(N)cc1OC. The van der Waals surface area contributed by atoms with E-state index in [9.17, 15) is 0 Å². The molecule has 0 atom stereocenters. The van der Waals surface area contributed by atoms with Crippen LogP contribution in [0, 0.1) is 11.3 Å². The second-order valence-corrected chi connectivity index (χ2v) is 3.05. The summed E-state index contributed by atoms with van der Waals surface area (Å²) in [6.45, 7) is 2.60. The average molecular weight is 206 g/mol. The summed E-state index contributed by atoms with van der Waals surface area (Å²) < 4.78 is 10.6. The first-order valence-corrected chi connectivity index (χ1v) is 4.73. The Hall–Kier alpha value is -1.89. The van der Waals surface area contributed by atoms with Crippen LogP contribution in [0.1, 0.15) is 18.9 Å². The molecule has 4 nitrogen and oxygen atoms in total. The summed E-state index contributed by atoms with van der Waals surface area (Å²) in [5, 5.41) is 8.81. The molecule has 0 aromatic heterocycles. The predicted molar refractivity (Wildman–Crippen MR) is 57.9 cm³/mol. The van der Waals surface area contributed by atoms with Gasteiger partial charge in [-0.1, -0.05) is 6.92 Å². The lowest BCUT2D eigenvalue weighted by Crippen LogP contribution is -2.00. The minimum Gasteiger partial charge on any atom is -0.493 e. The molecule has 0 unspecified atom stereocenters. The van der Waals surface area contributed by atoms with Crippen LogP contribution in [0.5, 0.6) is 11.5 Å². The number of nitrogens with two attached hydrogens (primary N) is 1. The van der Waals surface area contributed by atoms with E-state index in [1.54, 1.807) is 19.2 Å². The molecule has 15 heavy (non-hydrogen) atoms. The molecule has 4 heteroatoms. The zero-order valence-electron chi connectivity index (χ0n) is 8.91. The molecule has 0 fully saturated rings. The minimum atomic E-state index is 0.401. The summed E-state index contributed by atoms with van der Waals surface area (Å²) in [7, 11) is 1.54. The standard InChI is InChI=1S/C11H14N2O2/c1-3-4-15-11-5-8(7-12)9(13)6-10(11)14-2/h5-6H,3-4,13H2,1-2H3. The summed E-state index contributed by atoms with van der Waals surface area (Å²) in [5.74, 6) is 1.12. The Balaban J connectivity index is 3.06. The number of benzene rings is 1. The Bertz CT molecular complexity index is 383. The molecule has 0 bridgehead atoms. The van der Waals surface area contributed by atoms with Gasteiger partial charge in [-0.2, -0.15) is 5.26 Å². The highest BCUT2D eigenvalue weighted by atomic mass is 16.5.